The van der Waals surface area contributed by atoms with E-state index in [1.165, 1.54) is 5.69 Å². The van der Waals surface area contributed by atoms with Crippen molar-refractivity contribution in [3.8, 4) is 0 Å². The highest BCUT2D eigenvalue weighted by Crippen LogP contribution is 2.13. The number of benzene rings is 1. The smallest absolute Gasteiger partial charge is 0.0642 e. The van der Waals surface area contributed by atoms with E-state index in [9.17, 15) is 0 Å². The highest BCUT2D eigenvalue weighted by molar-refractivity contribution is 5.85. The maximum Gasteiger partial charge on any atom is 0.0642 e. The van der Waals surface area contributed by atoms with Crippen molar-refractivity contribution in [2.75, 3.05) is 31.2 Å². The summed E-state index contributed by atoms with van der Waals surface area (Å²) in [6.45, 7) is 3.75. The molecule has 1 saturated heterocycles. The summed E-state index contributed by atoms with van der Waals surface area (Å²) in [7, 11) is 0. The van der Waals surface area contributed by atoms with Crippen LogP contribution in [0.25, 0.3) is 0 Å². The van der Waals surface area contributed by atoms with E-state index < -0.39 is 0 Å². The van der Waals surface area contributed by atoms with E-state index in [2.05, 4.69) is 29.2 Å². The molecular formula is C10H14ClNO. The third-order valence-electron chi connectivity index (χ3n) is 2.13. The van der Waals surface area contributed by atoms with Crippen LogP contribution in [0.3, 0.4) is 0 Å². The van der Waals surface area contributed by atoms with Gasteiger partial charge < -0.3 is 9.64 Å². The largest absolute Gasteiger partial charge is 0.378 e. The van der Waals surface area contributed by atoms with Crippen LogP contribution in [0.1, 0.15) is 0 Å². The fourth-order valence-electron chi connectivity index (χ4n) is 1.46. The lowest BCUT2D eigenvalue weighted by molar-refractivity contribution is 0.122. The third-order valence-corrected chi connectivity index (χ3v) is 2.13. The number of para-hydroxylation sites is 1. The quantitative estimate of drug-likeness (QED) is 0.686. The number of ether oxygens (including phenoxy) is 1. The minimum Gasteiger partial charge on any atom is -0.378 e. The van der Waals surface area contributed by atoms with Crippen LogP contribution in [0.4, 0.5) is 5.69 Å². The molecule has 0 aromatic heterocycles. The Labute approximate surface area is 84.9 Å². The van der Waals surface area contributed by atoms with E-state index in [4.69, 9.17) is 4.74 Å². The molecule has 0 bridgehead atoms. The van der Waals surface area contributed by atoms with Crippen LogP contribution in [0, 0.1) is 0 Å². The molecule has 0 amide bonds. The zero-order valence-electron chi connectivity index (χ0n) is 7.48. The molecule has 0 radical (unpaired) electrons. The molecule has 1 heterocycles. The van der Waals surface area contributed by atoms with E-state index in [-0.39, 0.29) is 12.4 Å². The molecule has 1 aliphatic heterocycles. The van der Waals surface area contributed by atoms with Gasteiger partial charge in [-0.3, -0.25) is 0 Å². The topological polar surface area (TPSA) is 12.5 Å². The van der Waals surface area contributed by atoms with Crippen LogP contribution in [0.2, 0.25) is 0 Å². The maximum absolute atomic E-state index is 5.28. The SMILES string of the molecule is Cl.c1ccc(N2CCOCC2)cc1. The van der Waals surface area contributed by atoms with Crippen LogP contribution in [0.5, 0.6) is 0 Å². The molecular weight excluding hydrogens is 186 g/mol. The summed E-state index contributed by atoms with van der Waals surface area (Å²) in [6, 6.07) is 10.5. The van der Waals surface area contributed by atoms with E-state index in [1.807, 2.05) is 6.07 Å². The van der Waals surface area contributed by atoms with Crippen molar-refractivity contribution in [3.05, 3.63) is 30.3 Å². The molecule has 72 valence electrons. The Kier molecular flexibility index (Phi) is 4.06. The maximum atomic E-state index is 5.28. The van der Waals surface area contributed by atoms with Crippen molar-refractivity contribution >= 4 is 18.1 Å². The molecule has 0 atom stereocenters. The first-order valence-corrected chi connectivity index (χ1v) is 4.34. The van der Waals surface area contributed by atoms with Gasteiger partial charge in [-0.05, 0) is 12.1 Å². The second kappa shape index (κ2) is 5.10. The Morgan fingerprint density at radius 2 is 1.62 bits per heavy atom. The minimum atomic E-state index is 0. The molecule has 3 heteroatoms. The predicted molar refractivity (Wildman–Crippen MR) is 56.7 cm³/mol. The number of hydrogen-bond acceptors (Lipinski definition) is 2. The molecule has 0 aliphatic carbocycles. The van der Waals surface area contributed by atoms with Gasteiger partial charge in [-0.25, -0.2) is 0 Å². The number of nitrogens with zero attached hydrogens (tertiary/aromatic N) is 1. The summed E-state index contributed by atoms with van der Waals surface area (Å²) in [5, 5.41) is 0. The average Bonchev–Trinajstić information content (AvgIpc) is 2.21. The molecule has 1 aliphatic rings. The van der Waals surface area contributed by atoms with Crippen molar-refractivity contribution in [1.29, 1.82) is 0 Å². The number of morpholine rings is 1. The molecule has 2 rings (SSSR count). The Hall–Kier alpha value is -0.730. The lowest BCUT2D eigenvalue weighted by Gasteiger charge is -2.28. The van der Waals surface area contributed by atoms with Gasteiger partial charge in [0.1, 0.15) is 0 Å². The van der Waals surface area contributed by atoms with Gasteiger partial charge in [0, 0.05) is 18.8 Å². The monoisotopic (exact) mass is 199 g/mol. The summed E-state index contributed by atoms with van der Waals surface area (Å²) < 4.78 is 5.28. The Morgan fingerprint density at radius 1 is 1.00 bits per heavy atom. The van der Waals surface area contributed by atoms with Gasteiger partial charge >= 0.3 is 0 Å². The first kappa shape index (κ1) is 10.4. The van der Waals surface area contributed by atoms with Gasteiger partial charge in [-0.15, -0.1) is 12.4 Å². The van der Waals surface area contributed by atoms with E-state index in [0.29, 0.717) is 0 Å². The average molecular weight is 200 g/mol. The van der Waals surface area contributed by atoms with Crippen LogP contribution in [-0.4, -0.2) is 26.3 Å². The van der Waals surface area contributed by atoms with Crippen LogP contribution >= 0.6 is 12.4 Å². The van der Waals surface area contributed by atoms with Gasteiger partial charge in [0.15, 0.2) is 0 Å². The van der Waals surface area contributed by atoms with Gasteiger partial charge in [0.25, 0.3) is 0 Å². The van der Waals surface area contributed by atoms with Gasteiger partial charge in [0.05, 0.1) is 13.2 Å². The molecule has 1 fully saturated rings. The summed E-state index contributed by atoms with van der Waals surface area (Å²) in [4.78, 5) is 2.35. The van der Waals surface area contributed by atoms with Crippen molar-refractivity contribution in [2.45, 2.75) is 0 Å². The highest BCUT2D eigenvalue weighted by Gasteiger charge is 2.09. The van der Waals surface area contributed by atoms with Crippen LogP contribution < -0.4 is 4.90 Å². The first-order valence-electron chi connectivity index (χ1n) is 4.34. The second-order valence-electron chi connectivity index (χ2n) is 2.93. The van der Waals surface area contributed by atoms with Crippen molar-refractivity contribution in [3.63, 3.8) is 0 Å². The summed E-state index contributed by atoms with van der Waals surface area (Å²) in [5.74, 6) is 0. The van der Waals surface area contributed by atoms with E-state index in [1.54, 1.807) is 0 Å². The number of rotatable bonds is 1. The molecule has 0 spiro atoms. The zero-order valence-corrected chi connectivity index (χ0v) is 8.30. The molecule has 0 N–H and O–H groups in total. The number of hydrogen-bond donors (Lipinski definition) is 0. The number of halogens is 1. The molecule has 0 saturated carbocycles. The zero-order chi connectivity index (χ0) is 8.23. The normalized spacial score (nSPS) is 16.5. The van der Waals surface area contributed by atoms with E-state index >= 15 is 0 Å². The molecule has 2 nitrogen and oxygen atoms in total. The summed E-state index contributed by atoms with van der Waals surface area (Å²) >= 11 is 0. The molecule has 1 aromatic carbocycles. The van der Waals surface area contributed by atoms with Crippen LogP contribution in [-0.2, 0) is 4.74 Å². The molecule has 1 aromatic rings. The van der Waals surface area contributed by atoms with Gasteiger partial charge in [-0.2, -0.15) is 0 Å². The Balaban J connectivity index is 0.000000845. The minimum absolute atomic E-state index is 0. The lowest BCUT2D eigenvalue weighted by Crippen LogP contribution is -2.36. The molecule has 13 heavy (non-hydrogen) atoms. The van der Waals surface area contributed by atoms with Crippen molar-refractivity contribution < 1.29 is 4.74 Å². The predicted octanol–water partition coefficient (Wildman–Crippen LogP) is 1.94. The number of anilines is 1. The third kappa shape index (κ3) is 2.61. The second-order valence-corrected chi connectivity index (χ2v) is 2.93. The van der Waals surface area contributed by atoms with Gasteiger partial charge in [0.2, 0.25) is 0 Å². The lowest BCUT2D eigenvalue weighted by atomic mass is 10.3. The standard InChI is InChI=1S/C10H13NO.ClH/c1-2-4-10(5-3-1)11-6-8-12-9-7-11;/h1-5H,6-9H2;1H. The Bertz CT molecular complexity index is 234. The fraction of sp³-hybridized carbons (Fsp3) is 0.400. The first-order chi connectivity index (χ1) is 5.97. The van der Waals surface area contributed by atoms with Crippen molar-refractivity contribution in [1.82, 2.24) is 0 Å². The Morgan fingerprint density at radius 3 is 2.23 bits per heavy atom. The van der Waals surface area contributed by atoms with Gasteiger partial charge in [-0.1, -0.05) is 18.2 Å². The van der Waals surface area contributed by atoms with Crippen molar-refractivity contribution in [2.24, 2.45) is 0 Å². The fourth-order valence-corrected chi connectivity index (χ4v) is 1.46. The van der Waals surface area contributed by atoms with Crippen LogP contribution in [0.15, 0.2) is 30.3 Å². The summed E-state index contributed by atoms with van der Waals surface area (Å²) in [5.41, 5.74) is 1.31. The highest BCUT2D eigenvalue weighted by atomic mass is 35.5. The van der Waals surface area contributed by atoms with E-state index in [0.717, 1.165) is 26.3 Å². The summed E-state index contributed by atoms with van der Waals surface area (Å²) in [6.07, 6.45) is 0. The molecule has 0 unspecified atom stereocenters.